The first-order valence-corrected chi connectivity index (χ1v) is 4.42. The summed E-state index contributed by atoms with van der Waals surface area (Å²) in [6.07, 6.45) is 5.51. The van der Waals surface area contributed by atoms with Gasteiger partial charge in [0.15, 0.2) is 0 Å². The van der Waals surface area contributed by atoms with Gasteiger partial charge in [0, 0.05) is 24.0 Å². The van der Waals surface area contributed by atoms with Gasteiger partial charge in [0.05, 0.1) is 6.33 Å². The lowest BCUT2D eigenvalue weighted by Gasteiger charge is -2.01. The number of benzene rings is 1. The van der Waals surface area contributed by atoms with Gasteiger partial charge in [-0.1, -0.05) is 23.7 Å². The Labute approximate surface area is 93.9 Å². The molecule has 0 radical (unpaired) electrons. The molecule has 0 bridgehead atoms. The Morgan fingerprint density at radius 1 is 1.21 bits per heavy atom. The normalized spacial score (nSPS) is 9.50. The van der Waals surface area contributed by atoms with Crippen molar-refractivity contribution in [1.29, 1.82) is 0 Å². The van der Waals surface area contributed by atoms with Crippen molar-refractivity contribution in [3.05, 3.63) is 53.6 Å². The Morgan fingerprint density at radius 2 is 1.93 bits per heavy atom. The van der Waals surface area contributed by atoms with Gasteiger partial charge in [-0.05, 0) is 17.7 Å². The lowest BCUT2D eigenvalue weighted by atomic mass is 10.2. The first-order chi connectivity index (χ1) is 6.34. The fourth-order valence-electron chi connectivity index (χ4n) is 1.18. The molecule has 74 valence electrons. The summed E-state index contributed by atoms with van der Waals surface area (Å²) in [4.78, 5) is 3.97. The number of hydrogen-bond donors (Lipinski definition) is 0. The van der Waals surface area contributed by atoms with Crippen LogP contribution in [0.4, 0.5) is 0 Å². The van der Waals surface area contributed by atoms with Crippen molar-refractivity contribution < 1.29 is 0 Å². The monoisotopic (exact) mass is 228 g/mol. The van der Waals surface area contributed by atoms with E-state index in [-0.39, 0.29) is 12.4 Å². The Balaban J connectivity index is 0.000000980. The number of hydrogen-bond acceptors (Lipinski definition) is 1. The smallest absolute Gasteiger partial charge is 0.0949 e. The van der Waals surface area contributed by atoms with Crippen LogP contribution in [0.5, 0.6) is 0 Å². The molecule has 1 heterocycles. The van der Waals surface area contributed by atoms with Crippen LogP contribution in [0.3, 0.4) is 0 Å². The molecule has 0 aliphatic carbocycles. The van der Waals surface area contributed by atoms with E-state index in [0.29, 0.717) is 0 Å². The van der Waals surface area contributed by atoms with Crippen molar-refractivity contribution in [1.82, 2.24) is 9.55 Å². The molecule has 0 fully saturated rings. The lowest BCUT2D eigenvalue weighted by Crippen LogP contribution is -1.95. The number of halogens is 2. The molecule has 0 atom stereocenters. The van der Waals surface area contributed by atoms with Crippen LogP contribution in [0.2, 0.25) is 5.02 Å². The standard InChI is InChI=1S/C10H9ClN2.ClH/c11-10-3-1-9(2-4-10)7-13-6-5-12-8-13;/h1-6,8H,7H2;1H. The zero-order chi connectivity index (χ0) is 9.10. The number of rotatable bonds is 2. The first-order valence-electron chi connectivity index (χ1n) is 4.05. The summed E-state index contributed by atoms with van der Waals surface area (Å²) in [5.41, 5.74) is 1.22. The van der Waals surface area contributed by atoms with E-state index in [2.05, 4.69) is 4.98 Å². The van der Waals surface area contributed by atoms with Gasteiger partial charge in [0.25, 0.3) is 0 Å². The highest BCUT2D eigenvalue weighted by Gasteiger charge is 1.93. The summed E-state index contributed by atoms with van der Waals surface area (Å²) in [7, 11) is 0. The molecular formula is C10H10Cl2N2. The highest BCUT2D eigenvalue weighted by Crippen LogP contribution is 2.10. The van der Waals surface area contributed by atoms with E-state index < -0.39 is 0 Å². The van der Waals surface area contributed by atoms with E-state index in [0.717, 1.165) is 11.6 Å². The molecular weight excluding hydrogens is 219 g/mol. The molecule has 1 aromatic carbocycles. The largest absolute Gasteiger partial charge is 0.333 e. The molecule has 1 aromatic heterocycles. The quantitative estimate of drug-likeness (QED) is 0.773. The van der Waals surface area contributed by atoms with Crippen molar-refractivity contribution in [2.75, 3.05) is 0 Å². The minimum absolute atomic E-state index is 0. The first kappa shape index (κ1) is 11.1. The van der Waals surface area contributed by atoms with Gasteiger partial charge in [-0.2, -0.15) is 0 Å². The van der Waals surface area contributed by atoms with E-state index in [1.807, 2.05) is 35.0 Å². The molecule has 2 rings (SSSR count). The Hall–Kier alpha value is -0.990. The summed E-state index contributed by atoms with van der Waals surface area (Å²) >= 11 is 5.77. The predicted octanol–water partition coefficient (Wildman–Crippen LogP) is 3.01. The van der Waals surface area contributed by atoms with Crippen molar-refractivity contribution in [3.63, 3.8) is 0 Å². The zero-order valence-corrected chi connectivity index (χ0v) is 9.00. The molecule has 0 amide bonds. The van der Waals surface area contributed by atoms with Crippen LogP contribution in [0.25, 0.3) is 0 Å². The topological polar surface area (TPSA) is 17.8 Å². The summed E-state index contributed by atoms with van der Waals surface area (Å²) in [5, 5.41) is 0.773. The number of imidazole rings is 1. The van der Waals surface area contributed by atoms with E-state index in [9.17, 15) is 0 Å². The number of aromatic nitrogens is 2. The summed E-state index contributed by atoms with van der Waals surface area (Å²) in [5.74, 6) is 0. The molecule has 2 nitrogen and oxygen atoms in total. The Kier molecular flexibility index (Phi) is 3.98. The minimum atomic E-state index is 0. The lowest BCUT2D eigenvalue weighted by molar-refractivity contribution is 0.797. The summed E-state index contributed by atoms with van der Waals surface area (Å²) in [6, 6.07) is 7.83. The maximum Gasteiger partial charge on any atom is 0.0949 e. The van der Waals surface area contributed by atoms with Crippen LogP contribution in [-0.4, -0.2) is 9.55 Å². The van der Waals surface area contributed by atoms with Crippen molar-refractivity contribution in [2.24, 2.45) is 0 Å². The highest BCUT2D eigenvalue weighted by atomic mass is 35.5. The molecule has 2 aromatic rings. The zero-order valence-electron chi connectivity index (χ0n) is 7.43. The van der Waals surface area contributed by atoms with Gasteiger partial charge in [-0.15, -0.1) is 12.4 Å². The third kappa shape index (κ3) is 2.76. The van der Waals surface area contributed by atoms with E-state index in [1.165, 1.54) is 5.56 Å². The fraction of sp³-hybridized carbons (Fsp3) is 0.100. The second-order valence-corrected chi connectivity index (χ2v) is 3.30. The maximum atomic E-state index is 5.77. The third-order valence-corrected chi connectivity index (χ3v) is 2.09. The SMILES string of the molecule is Cl.Clc1ccc(Cn2ccnc2)cc1. The van der Waals surface area contributed by atoms with Crippen LogP contribution >= 0.6 is 24.0 Å². The van der Waals surface area contributed by atoms with Crippen molar-refractivity contribution in [3.8, 4) is 0 Å². The van der Waals surface area contributed by atoms with Gasteiger partial charge in [-0.3, -0.25) is 0 Å². The second-order valence-electron chi connectivity index (χ2n) is 2.86. The van der Waals surface area contributed by atoms with Crippen LogP contribution in [0.1, 0.15) is 5.56 Å². The maximum absolute atomic E-state index is 5.77. The molecule has 0 aliphatic heterocycles. The third-order valence-electron chi connectivity index (χ3n) is 1.84. The molecule has 0 unspecified atom stereocenters. The average Bonchev–Trinajstić information content (AvgIpc) is 2.62. The summed E-state index contributed by atoms with van der Waals surface area (Å²) in [6.45, 7) is 0.844. The molecule has 0 aliphatic rings. The molecule has 4 heteroatoms. The van der Waals surface area contributed by atoms with Crippen LogP contribution in [0, 0.1) is 0 Å². The highest BCUT2D eigenvalue weighted by molar-refractivity contribution is 6.30. The summed E-state index contributed by atoms with van der Waals surface area (Å²) < 4.78 is 2.02. The molecule has 0 saturated heterocycles. The fourth-order valence-corrected chi connectivity index (χ4v) is 1.31. The van der Waals surface area contributed by atoms with E-state index in [1.54, 1.807) is 12.5 Å². The van der Waals surface area contributed by atoms with Crippen LogP contribution in [0.15, 0.2) is 43.0 Å². The van der Waals surface area contributed by atoms with Crippen molar-refractivity contribution in [2.45, 2.75) is 6.54 Å². The molecule has 14 heavy (non-hydrogen) atoms. The second kappa shape index (κ2) is 5.03. The predicted molar refractivity (Wildman–Crippen MR) is 60.0 cm³/mol. The van der Waals surface area contributed by atoms with Crippen LogP contribution < -0.4 is 0 Å². The Morgan fingerprint density at radius 3 is 2.50 bits per heavy atom. The van der Waals surface area contributed by atoms with Gasteiger partial charge < -0.3 is 4.57 Å². The molecule has 0 saturated carbocycles. The number of nitrogens with zero attached hydrogens (tertiary/aromatic N) is 2. The van der Waals surface area contributed by atoms with Gasteiger partial charge >= 0.3 is 0 Å². The average molecular weight is 229 g/mol. The van der Waals surface area contributed by atoms with Crippen molar-refractivity contribution >= 4 is 24.0 Å². The van der Waals surface area contributed by atoms with Gasteiger partial charge in [-0.25, -0.2) is 4.98 Å². The van der Waals surface area contributed by atoms with E-state index in [4.69, 9.17) is 11.6 Å². The van der Waals surface area contributed by atoms with E-state index >= 15 is 0 Å². The van der Waals surface area contributed by atoms with Gasteiger partial charge in [0.1, 0.15) is 0 Å². The van der Waals surface area contributed by atoms with Gasteiger partial charge in [0.2, 0.25) is 0 Å². The minimum Gasteiger partial charge on any atom is -0.333 e. The van der Waals surface area contributed by atoms with Crippen LogP contribution in [-0.2, 0) is 6.54 Å². The molecule has 0 N–H and O–H groups in total. The Bertz CT molecular complexity index is 368. The molecule has 0 spiro atoms.